The van der Waals surface area contributed by atoms with Crippen LogP contribution in [0.1, 0.15) is 6.42 Å². The van der Waals surface area contributed by atoms with Crippen LogP contribution in [-0.2, 0) is 25.8 Å². The minimum absolute atomic E-state index is 0. The molecular weight excluding hydrogens is 440 g/mol. The second kappa shape index (κ2) is 8.69. The maximum absolute atomic E-state index is 3.36. The summed E-state index contributed by atoms with van der Waals surface area (Å²) in [5, 5.41) is 4.23. The zero-order valence-electron chi connectivity index (χ0n) is 11.2. The average Bonchev–Trinajstić information content (AvgIpc) is 2.94. The Morgan fingerprint density at radius 1 is 1.15 bits per heavy atom. The molecule has 0 amide bonds. The van der Waals surface area contributed by atoms with Gasteiger partial charge in [-0.3, -0.25) is 6.08 Å². The van der Waals surface area contributed by atoms with E-state index in [2.05, 4.69) is 61.3 Å². The zero-order chi connectivity index (χ0) is 11.7. The number of hydrogen-bond acceptors (Lipinski definition) is 0. The fourth-order valence-electron chi connectivity index (χ4n) is 2.31. The van der Waals surface area contributed by atoms with Gasteiger partial charge in [-0.15, -0.1) is 44.0 Å². The van der Waals surface area contributed by atoms with E-state index in [-0.39, 0.29) is 43.2 Å². The Morgan fingerprint density at radius 2 is 1.90 bits per heavy atom. The second-order valence-electron chi connectivity index (χ2n) is 4.47. The molecule has 0 spiro atoms. The maximum atomic E-state index is 3.36. The van der Waals surface area contributed by atoms with E-state index in [9.17, 15) is 0 Å². The van der Waals surface area contributed by atoms with Crippen molar-refractivity contribution in [2.24, 2.45) is 0 Å². The van der Waals surface area contributed by atoms with Crippen LogP contribution >= 0.6 is 7.92 Å². The van der Waals surface area contributed by atoms with Gasteiger partial charge < -0.3 is 9.41 Å². The van der Waals surface area contributed by atoms with Crippen molar-refractivity contribution in [2.45, 2.75) is 6.42 Å². The van der Waals surface area contributed by atoms with Crippen LogP contribution in [0.2, 0.25) is 0 Å². The second-order valence-corrected chi connectivity index (χ2v) is 6.63. The van der Waals surface area contributed by atoms with Gasteiger partial charge in [0.2, 0.25) is 0 Å². The standard InChI is InChI=1S/C9H7.C7H8P.2FH.Hf/c1-2-5-9-7-3-6-8(9)4-1;1-8-5-6-3-2-4-7(6)8;;;/h1-7H;3H,2,5H2,1H3;2*1H;/q2*-1;;;+4/p-2. The van der Waals surface area contributed by atoms with Gasteiger partial charge in [-0.25, -0.2) is 0 Å². The van der Waals surface area contributed by atoms with E-state index >= 15 is 0 Å². The SMILES string of the molecule is CP1CC2=CC[C-]=C21.[F-].[F-].[Hf+4].c1ccc2[cH-]ccc2c1. The number of hydrogen-bond donors (Lipinski definition) is 0. The average molecular weight is 455 g/mol. The fourth-order valence-corrected chi connectivity index (χ4v) is 4.02. The minimum atomic E-state index is 0. The first-order valence-corrected chi connectivity index (χ1v) is 7.94. The van der Waals surface area contributed by atoms with Gasteiger partial charge in [0.05, 0.1) is 0 Å². The van der Waals surface area contributed by atoms with Crippen molar-refractivity contribution in [3.63, 3.8) is 0 Å². The monoisotopic (exact) mass is 456 g/mol. The Hall–Kier alpha value is -0.530. The van der Waals surface area contributed by atoms with Crippen LogP contribution in [0.4, 0.5) is 0 Å². The summed E-state index contributed by atoms with van der Waals surface area (Å²) < 4.78 is 0. The summed E-state index contributed by atoms with van der Waals surface area (Å²) in [5.74, 6) is 0. The largest absolute Gasteiger partial charge is 4.00 e. The van der Waals surface area contributed by atoms with E-state index in [0.29, 0.717) is 0 Å². The van der Waals surface area contributed by atoms with Crippen LogP contribution in [-0.4, -0.2) is 12.8 Å². The van der Waals surface area contributed by atoms with Crippen LogP contribution in [0.3, 0.4) is 0 Å². The molecule has 102 valence electrons. The molecule has 1 aliphatic carbocycles. The molecule has 0 N–H and O–H groups in total. The van der Waals surface area contributed by atoms with Crippen LogP contribution in [0.25, 0.3) is 10.8 Å². The molecule has 2 aromatic carbocycles. The van der Waals surface area contributed by atoms with Crippen LogP contribution in [0, 0.1) is 6.08 Å². The summed E-state index contributed by atoms with van der Waals surface area (Å²) in [6.07, 6.45) is 8.13. The first-order chi connectivity index (χ1) is 8.34. The van der Waals surface area contributed by atoms with E-state index in [4.69, 9.17) is 0 Å². The molecule has 0 aromatic heterocycles. The topological polar surface area (TPSA) is 0 Å². The zero-order valence-corrected chi connectivity index (χ0v) is 15.7. The first kappa shape index (κ1) is 19.5. The molecule has 0 nitrogen and oxygen atoms in total. The van der Waals surface area contributed by atoms with Crippen molar-refractivity contribution in [1.29, 1.82) is 0 Å². The minimum Gasteiger partial charge on any atom is -1.00 e. The molecule has 4 heteroatoms. The molecule has 1 unspecified atom stereocenters. The number of halogens is 2. The molecule has 20 heavy (non-hydrogen) atoms. The molecule has 2 aliphatic rings. The summed E-state index contributed by atoms with van der Waals surface area (Å²) in [6.45, 7) is 2.33. The Kier molecular flexibility index (Phi) is 8.46. The van der Waals surface area contributed by atoms with Crippen molar-refractivity contribution in [2.75, 3.05) is 12.8 Å². The molecule has 0 saturated carbocycles. The Labute approximate surface area is 138 Å². The van der Waals surface area contributed by atoms with Crippen molar-refractivity contribution < 1.29 is 35.3 Å². The van der Waals surface area contributed by atoms with Crippen molar-refractivity contribution >= 4 is 18.7 Å². The Morgan fingerprint density at radius 3 is 2.50 bits per heavy atom. The summed E-state index contributed by atoms with van der Waals surface area (Å²) >= 11 is 0. The predicted molar refractivity (Wildman–Crippen MR) is 76.7 cm³/mol. The molecule has 1 saturated heterocycles. The quantitative estimate of drug-likeness (QED) is 0.264. The molecule has 0 bridgehead atoms. The third-order valence-corrected chi connectivity index (χ3v) is 5.28. The van der Waals surface area contributed by atoms with E-state index in [1.54, 1.807) is 10.9 Å². The maximum Gasteiger partial charge on any atom is 4.00 e. The van der Waals surface area contributed by atoms with Crippen molar-refractivity contribution in [3.8, 4) is 0 Å². The Bertz CT molecular complexity index is 571. The van der Waals surface area contributed by atoms with Crippen LogP contribution in [0.15, 0.2) is 59.4 Å². The normalized spacial score (nSPS) is 17.8. The molecule has 4 rings (SSSR count). The van der Waals surface area contributed by atoms with Gasteiger partial charge in [-0.1, -0.05) is 12.2 Å². The van der Waals surface area contributed by atoms with Gasteiger partial charge in [0.25, 0.3) is 0 Å². The predicted octanol–water partition coefficient (Wildman–Crippen LogP) is -1.31. The van der Waals surface area contributed by atoms with Crippen molar-refractivity contribution in [1.82, 2.24) is 0 Å². The van der Waals surface area contributed by atoms with Gasteiger partial charge in [0, 0.05) is 0 Å². The van der Waals surface area contributed by atoms with Crippen molar-refractivity contribution in [3.05, 3.63) is 65.5 Å². The van der Waals surface area contributed by atoms with Gasteiger partial charge in [0.1, 0.15) is 0 Å². The smallest absolute Gasteiger partial charge is 1.00 e. The number of rotatable bonds is 0. The molecule has 1 heterocycles. The van der Waals surface area contributed by atoms with E-state index < -0.39 is 0 Å². The van der Waals surface area contributed by atoms with Gasteiger partial charge in [-0.05, 0) is 6.66 Å². The van der Waals surface area contributed by atoms with Crippen LogP contribution < -0.4 is 9.41 Å². The van der Waals surface area contributed by atoms with E-state index in [1.165, 1.54) is 16.9 Å². The van der Waals surface area contributed by atoms with Gasteiger partial charge >= 0.3 is 25.8 Å². The Balaban J connectivity index is 0.000000315. The van der Waals surface area contributed by atoms with Crippen LogP contribution in [0.5, 0.6) is 0 Å². The molecular formula is C16H15F2HfP. The summed E-state index contributed by atoms with van der Waals surface area (Å²) in [7, 11) is 0.279. The molecule has 1 aliphatic heterocycles. The third-order valence-electron chi connectivity index (χ3n) is 3.26. The number of benzene rings is 1. The van der Waals surface area contributed by atoms with Gasteiger partial charge in [-0.2, -0.15) is 34.5 Å². The summed E-state index contributed by atoms with van der Waals surface area (Å²) in [4.78, 5) is 0. The molecule has 2 aromatic rings. The molecule has 1 atom stereocenters. The summed E-state index contributed by atoms with van der Waals surface area (Å²) in [6, 6.07) is 14.7. The summed E-state index contributed by atoms with van der Waals surface area (Å²) in [5.41, 5.74) is 1.60. The fraction of sp³-hybridized carbons (Fsp3) is 0.188. The third kappa shape index (κ3) is 3.99. The van der Waals surface area contributed by atoms with Gasteiger partial charge in [0.15, 0.2) is 0 Å². The first-order valence-electron chi connectivity index (χ1n) is 5.96. The molecule has 1 fully saturated rings. The van der Waals surface area contributed by atoms with E-state index in [1.807, 2.05) is 0 Å². The molecule has 0 radical (unpaired) electrons. The number of allylic oxidation sites excluding steroid dienone is 4. The number of fused-ring (bicyclic) bond motifs is 2. The van der Waals surface area contributed by atoms with E-state index in [0.717, 1.165) is 6.42 Å².